The molecule has 11 heavy (non-hydrogen) atoms. The maximum absolute atomic E-state index is 2.33. The number of rotatable bonds is 1. The van der Waals surface area contributed by atoms with Gasteiger partial charge < -0.3 is 0 Å². The van der Waals surface area contributed by atoms with E-state index >= 15 is 0 Å². The van der Waals surface area contributed by atoms with E-state index in [0.717, 1.165) is 0 Å². The van der Waals surface area contributed by atoms with Crippen molar-refractivity contribution in [2.75, 3.05) is 0 Å². The SMILES string of the molecule is Cc1ccc([Si](C)C)cc1C. The van der Waals surface area contributed by atoms with Crippen molar-refractivity contribution in [1.82, 2.24) is 0 Å². The highest BCUT2D eigenvalue weighted by Gasteiger charge is 2.00. The Hall–Kier alpha value is -0.563. The molecule has 0 saturated heterocycles. The number of aryl methyl sites for hydroxylation is 2. The highest BCUT2D eigenvalue weighted by Crippen LogP contribution is 2.03. The van der Waals surface area contributed by atoms with Gasteiger partial charge in [-0.2, -0.15) is 0 Å². The quantitative estimate of drug-likeness (QED) is 0.557. The van der Waals surface area contributed by atoms with E-state index in [9.17, 15) is 0 Å². The van der Waals surface area contributed by atoms with Gasteiger partial charge >= 0.3 is 0 Å². The summed E-state index contributed by atoms with van der Waals surface area (Å²) in [5.74, 6) is 0. The lowest BCUT2D eigenvalue weighted by atomic mass is 10.1. The molecule has 0 heterocycles. The van der Waals surface area contributed by atoms with Crippen molar-refractivity contribution < 1.29 is 0 Å². The number of hydrogen-bond acceptors (Lipinski definition) is 0. The summed E-state index contributed by atoms with van der Waals surface area (Å²) in [6.07, 6.45) is 0. The van der Waals surface area contributed by atoms with Gasteiger partial charge in [0.05, 0.1) is 8.80 Å². The highest BCUT2D eigenvalue weighted by molar-refractivity contribution is 6.70. The zero-order valence-electron chi connectivity index (χ0n) is 7.73. The van der Waals surface area contributed by atoms with Gasteiger partial charge in [-0.1, -0.05) is 36.5 Å². The summed E-state index contributed by atoms with van der Waals surface area (Å²) < 4.78 is 0. The van der Waals surface area contributed by atoms with Crippen molar-refractivity contribution in [2.24, 2.45) is 0 Å². The molecule has 0 nitrogen and oxygen atoms in total. The van der Waals surface area contributed by atoms with Crippen molar-refractivity contribution >= 4 is 14.0 Å². The third-order valence-electron chi connectivity index (χ3n) is 2.08. The van der Waals surface area contributed by atoms with Crippen LogP contribution in [-0.4, -0.2) is 8.80 Å². The fourth-order valence-electron chi connectivity index (χ4n) is 1.05. The maximum Gasteiger partial charge on any atom is 0.0791 e. The van der Waals surface area contributed by atoms with Crippen LogP contribution in [0.15, 0.2) is 18.2 Å². The molecule has 0 N–H and O–H groups in total. The Bertz CT molecular complexity index is 251. The standard InChI is InChI=1S/C10H15Si/c1-8-5-6-10(11(3)4)7-9(8)2/h5-7H,1-4H3. The Kier molecular flexibility index (Phi) is 2.50. The normalized spacial score (nSPS) is 10.6. The van der Waals surface area contributed by atoms with E-state index in [4.69, 9.17) is 0 Å². The Morgan fingerprint density at radius 3 is 2.09 bits per heavy atom. The van der Waals surface area contributed by atoms with Crippen LogP contribution in [0.25, 0.3) is 0 Å². The molecule has 1 radical (unpaired) electrons. The summed E-state index contributed by atoms with van der Waals surface area (Å²) in [6.45, 7) is 9.00. The van der Waals surface area contributed by atoms with Crippen molar-refractivity contribution in [3.63, 3.8) is 0 Å². The van der Waals surface area contributed by atoms with Crippen LogP contribution in [0.4, 0.5) is 0 Å². The first kappa shape index (κ1) is 8.53. The van der Waals surface area contributed by atoms with E-state index in [2.05, 4.69) is 45.1 Å². The first-order valence-electron chi connectivity index (χ1n) is 3.99. The topological polar surface area (TPSA) is 0 Å². The summed E-state index contributed by atoms with van der Waals surface area (Å²) in [6, 6.07) is 6.81. The van der Waals surface area contributed by atoms with E-state index < -0.39 is 0 Å². The van der Waals surface area contributed by atoms with Crippen LogP contribution in [0.5, 0.6) is 0 Å². The third-order valence-corrected chi connectivity index (χ3v) is 3.55. The van der Waals surface area contributed by atoms with Gasteiger partial charge in [0.2, 0.25) is 0 Å². The molecule has 1 rings (SSSR count). The summed E-state index contributed by atoms with van der Waals surface area (Å²) >= 11 is 0. The lowest BCUT2D eigenvalue weighted by Crippen LogP contribution is -2.22. The zero-order valence-corrected chi connectivity index (χ0v) is 8.73. The molecule has 0 aliphatic heterocycles. The van der Waals surface area contributed by atoms with Gasteiger partial charge in [0, 0.05) is 0 Å². The third kappa shape index (κ3) is 1.93. The van der Waals surface area contributed by atoms with Crippen LogP contribution >= 0.6 is 0 Å². The van der Waals surface area contributed by atoms with E-state index in [-0.39, 0.29) is 8.80 Å². The molecule has 1 heteroatoms. The van der Waals surface area contributed by atoms with E-state index in [0.29, 0.717) is 0 Å². The van der Waals surface area contributed by atoms with Crippen molar-refractivity contribution in [2.45, 2.75) is 26.9 Å². The predicted molar refractivity (Wildman–Crippen MR) is 53.0 cm³/mol. The maximum atomic E-state index is 2.33. The average molecular weight is 163 g/mol. The van der Waals surface area contributed by atoms with Gasteiger partial charge in [0.25, 0.3) is 0 Å². The minimum Gasteiger partial charge on any atom is -0.0671 e. The van der Waals surface area contributed by atoms with Gasteiger partial charge in [-0.3, -0.25) is 0 Å². The van der Waals surface area contributed by atoms with Crippen LogP contribution < -0.4 is 5.19 Å². The minimum atomic E-state index is -0.251. The summed E-state index contributed by atoms with van der Waals surface area (Å²) in [5, 5.41) is 1.54. The second-order valence-corrected chi connectivity index (χ2v) is 5.88. The van der Waals surface area contributed by atoms with Crippen molar-refractivity contribution in [3.05, 3.63) is 29.3 Å². The van der Waals surface area contributed by atoms with Crippen LogP contribution in [0.2, 0.25) is 13.1 Å². The molecule has 1 aromatic carbocycles. The summed E-state index contributed by atoms with van der Waals surface area (Å²) in [7, 11) is -0.251. The van der Waals surface area contributed by atoms with Gasteiger partial charge in [-0.15, -0.1) is 0 Å². The van der Waals surface area contributed by atoms with Gasteiger partial charge in [-0.05, 0) is 25.0 Å². The van der Waals surface area contributed by atoms with Crippen LogP contribution in [0, 0.1) is 13.8 Å². The van der Waals surface area contributed by atoms with Crippen LogP contribution in [0.1, 0.15) is 11.1 Å². The molecule has 0 atom stereocenters. The molecule has 0 amide bonds. The molecule has 0 aliphatic rings. The largest absolute Gasteiger partial charge is 0.0791 e. The van der Waals surface area contributed by atoms with Gasteiger partial charge in [0.1, 0.15) is 0 Å². The Morgan fingerprint density at radius 2 is 1.64 bits per heavy atom. The van der Waals surface area contributed by atoms with Crippen molar-refractivity contribution in [1.29, 1.82) is 0 Å². The molecule has 0 fully saturated rings. The Morgan fingerprint density at radius 1 is 1.00 bits per heavy atom. The Labute approximate surface area is 70.9 Å². The smallest absolute Gasteiger partial charge is 0.0671 e. The lowest BCUT2D eigenvalue weighted by molar-refractivity contribution is 1.35. The summed E-state index contributed by atoms with van der Waals surface area (Å²) in [4.78, 5) is 0. The molecular formula is C10H15Si. The average Bonchev–Trinajstić information content (AvgIpc) is 1.94. The lowest BCUT2D eigenvalue weighted by Gasteiger charge is -2.06. The second kappa shape index (κ2) is 3.22. The molecule has 0 unspecified atom stereocenters. The fraction of sp³-hybridized carbons (Fsp3) is 0.400. The fourth-order valence-corrected chi connectivity index (χ4v) is 1.97. The zero-order chi connectivity index (χ0) is 8.43. The highest BCUT2D eigenvalue weighted by atomic mass is 28.3. The first-order chi connectivity index (χ1) is 5.11. The molecule has 0 spiro atoms. The second-order valence-electron chi connectivity index (χ2n) is 3.30. The van der Waals surface area contributed by atoms with E-state index in [1.165, 1.54) is 16.3 Å². The molecule has 0 bridgehead atoms. The minimum absolute atomic E-state index is 0.251. The van der Waals surface area contributed by atoms with E-state index in [1.807, 2.05) is 0 Å². The molecular weight excluding hydrogens is 148 g/mol. The molecule has 0 aromatic heterocycles. The summed E-state index contributed by atoms with van der Waals surface area (Å²) in [5.41, 5.74) is 2.82. The van der Waals surface area contributed by atoms with Crippen molar-refractivity contribution in [3.8, 4) is 0 Å². The number of hydrogen-bond donors (Lipinski definition) is 0. The number of benzene rings is 1. The molecule has 1 aromatic rings. The molecule has 0 saturated carbocycles. The van der Waals surface area contributed by atoms with Crippen LogP contribution in [0.3, 0.4) is 0 Å². The monoisotopic (exact) mass is 163 g/mol. The van der Waals surface area contributed by atoms with Gasteiger partial charge in [-0.25, -0.2) is 0 Å². The molecule has 0 aliphatic carbocycles. The molecule has 59 valence electrons. The predicted octanol–water partition coefficient (Wildman–Crippen LogP) is 2.26. The first-order valence-corrected chi connectivity index (χ1v) is 6.49. The Balaban J connectivity index is 3.05. The van der Waals surface area contributed by atoms with Gasteiger partial charge in [0.15, 0.2) is 0 Å². The van der Waals surface area contributed by atoms with Crippen LogP contribution in [-0.2, 0) is 0 Å². The van der Waals surface area contributed by atoms with E-state index in [1.54, 1.807) is 0 Å².